The minimum absolute atomic E-state index is 0.0135. The number of hydrogen-bond donors (Lipinski definition) is 2. The Hall–Kier alpha value is -1.60. The summed E-state index contributed by atoms with van der Waals surface area (Å²) in [6.45, 7) is 7.61. The Balaban J connectivity index is 1.98. The van der Waals surface area contributed by atoms with Crippen LogP contribution in [0.25, 0.3) is 0 Å². The van der Waals surface area contributed by atoms with Crippen LogP contribution in [0.3, 0.4) is 0 Å². The van der Waals surface area contributed by atoms with Gasteiger partial charge >= 0.3 is 6.18 Å². The van der Waals surface area contributed by atoms with Gasteiger partial charge in [0.25, 0.3) is 0 Å². The number of hydrogen-bond acceptors (Lipinski definition) is 3. The van der Waals surface area contributed by atoms with Crippen molar-refractivity contribution in [1.29, 1.82) is 0 Å². The molecule has 1 aromatic rings. The van der Waals surface area contributed by atoms with Crippen LogP contribution in [-0.4, -0.2) is 42.0 Å². The van der Waals surface area contributed by atoms with Crippen LogP contribution >= 0.6 is 0 Å². The van der Waals surface area contributed by atoms with E-state index in [0.717, 1.165) is 6.07 Å². The molecular formula is C18H26F3N3O. The van der Waals surface area contributed by atoms with Crippen LogP contribution in [0.2, 0.25) is 0 Å². The summed E-state index contributed by atoms with van der Waals surface area (Å²) < 4.78 is 38.4. The number of alkyl halides is 3. The van der Waals surface area contributed by atoms with Crippen molar-refractivity contribution < 1.29 is 18.0 Å². The Morgan fingerprint density at radius 2 is 2.08 bits per heavy atom. The second-order valence-corrected chi connectivity index (χ2v) is 6.71. The second kappa shape index (κ2) is 8.19. The zero-order chi connectivity index (χ0) is 18.6. The second-order valence-electron chi connectivity index (χ2n) is 6.71. The van der Waals surface area contributed by atoms with E-state index in [1.54, 1.807) is 6.07 Å². The normalized spacial score (nSPS) is 21.7. The van der Waals surface area contributed by atoms with Crippen LogP contribution in [0.5, 0.6) is 0 Å². The van der Waals surface area contributed by atoms with Crippen LogP contribution in [0.4, 0.5) is 13.2 Å². The lowest BCUT2D eigenvalue weighted by atomic mass is 10.1. The third-order valence-electron chi connectivity index (χ3n) is 4.51. The number of carbonyl (C=O) groups is 1. The number of rotatable bonds is 6. The van der Waals surface area contributed by atoms with Gasteiger partial charge in [-0.3, -0.25) is 9.69 Å². The van der Waals surface area contributed by atoms with Gasteiger partial charge in [-0.1, -0.05) is 18.2 Å². The van der Waals surface area contributed by atoms with Crippen LogP contribution in [-0.2, 0) is 17.5 Å². The summed E-state index contributed by atoms with van der Waals surface area (Å²) in [5.74, 6) is 0.0135. The molecule has 0 aromatic heterocycles. The molecule has 7 heteroatoms. The standard InChI is InChI=1S/C18H26F3N3O/c1-4-22-17(25)16-9-15(11-24(16)12(2)3)23-10-13-6-5-7-14(8-13)18(19,20)21/h5-8,12,15-16,23H,4,9-11H2,1-3H3,(H,22,25)/t15-,16-/m0/s1. The summed E-state index contributed by atoms with van der Waals surface area (Å²) in [5.41, 5.74) is -0.0467. The van der Waals surface area contributed by atoms with E-state index in [2.05, 4.69) is 15.5 Å². The minimum Gasteiger partial charge on any atom is -0.355 e. The van der Waals surface area contributed by atoms with Crippen LogP contribution < -0.4 is 10.6 Å². The highest BCUT2D eigenvalue weighted by Crippen LogP contribution is 2.29. The van der Waals surface area contributed by atoms with Crippen LogP contribution in [0.15, 0.2) is 24.3 Å². The molecule has 1 aliphatic rings. The maximum Gasteiger partial charge on any atom is 0.416 e. The predicted molar refractivity (Wildman–Crippen MR) is 91.0 cm³/mol. The van der Waals surface area contributed by atoms with E-state index in [9.17, 15) is 18.0 Å². The molecule has 0 saturated carbocycles. The number of nitrogens with zero attached hydrogens (tertiary/aromatic N) is 1. The molecule has 1 aliphatic heterocycles. The van der Waals surface area contributed by atoms with Crippen LogP contribution in [0, 0.1) is 0 Å². The van der Waals surface area contributed by atoms with Crippen molar-refractivity contribution in [2.24, 2.45) is 0 Å². The lowest BCUT2D eigenvalue weighted by molar-refractivity contribution is -0.137. The molecule has 2 rings (SSSR count). The molecule has 4 nitrogen and oxygen atoms in total. The number of benzene rings is 1. The van der Waals surface area contributed by atoms with Gasteiger partial charge in [0.15, 0.2) is 0 Å². The van der Waals surface area contributed by atoms with Crippen molar-refractivity contribution in [1.82, 2.24) is 15.5 Å². The van der Waals surface area contributed by atoms with E-state index in [1.807, 2.05) is 20.8 Å². The highest BCUT2D eigenvalue weighted by Gasteiger charge is 2.37. The lowest BCUT2D eigenvalue weighted by Gasteiger charge is -2.27. The molecule has 1 heterocycles. The smallest absolute Gasteiger partial charge is 0.355 e. The molecule has 25 heavy (non-hydrogen) atoms. The Labute approximate surface area is 146 Å². The summed E-state index contributed by atoms with van der Waals surface area (Å²) in [6, 6.07) is 5.45. The van der Waals surface area contributed by atoms with Crippen molar-refractivity contribution in [3.63, 3.8) is 0 Å². The molecule has 2 N–H and O–H groups in total. The largest absolute Gasteiger partial charge is 0.416 e. The SMILES string of the molecule is CCNC(=O)[C@@H]1C[C@H](NCc2cccc(C(F)(F)F)c2)CN1C(C)C. The predicted octanol–water partition coefficient (Wildman–Crippen LogP) is 2.78. The number of likely N-dealkylation sites (tertiary alicyclic amines) is 1. The van der Waals surface area contributed by atoms with Crippen LogP contribution in [0.1, 0.15) is 38.3 Å². The van der Waals surface area contributed by atoms with Gasteiger partial charge in [0.05, 0.1) is 11.6 Å². The monoisotopic (exact) mass is 357 g/mol. The van der Waals surface area contributed by atoms with E-state index >= 15 is 0 Å². The third kappa shape index (κ3) is 5.19. The first-order valence-electron chi connectivity index (χ1n) is 8.65. The molecule has 1 saturated heterocycles. The summed E-state index contributed by atoms with van der Waals surface area (Å²) in [7, 11) is 0. The topological polar surface area (TPSA) is 44.4 Å². The first-order valence-corrected chi connectivity index (χ1v) is 8.65. The number of amides is 1. The van der Waals surface area contributed by atoms with E-state index in [-0.39, 0.29) is 24.0 Å². The van der Waals surface area contributed by atoms with Crippen molar-refractivity contribution in [3.8, 4) is 0 Å². The first kappa shape index (κ1) is 19.7. The zero-order valence-electron chi connectivity index (χ0n) is 14.9. The van der Waals surface area contributed by atoms with Crippen molar-refractivity contribution in [2.75, 3.05) is 13.1 Å². The van der Waals surface area contributed by atoms with Gasteiger partial charge in [-0.05, 0) is 38.8 Å². The van der Waals surface area contributed by atoms with E-state index < -0.39 is 11.7 Å². The molecule has 140 valence electrons. The van der Waals surface area contributed by atoms with Gasteiger partial charge in [-0.15, -0.1) is 0 Å². The molecule has 1 aromatic carbocycles. The van der Waals surface area contributed by atoms with Gasteiger partial charge in [-0.2, -0.15) is 13.2 Å². The summed E-state index contributed by atoms with van der Waals surface area (Å²) in [4.78, 5) is 14.4. The maximum absolute atomic E-state index is 12.8. The average Bonchev–Trinajstić information content (AvgIpc) is 2.97. The summed E-state index contributed by atoms with van der Waals surface area (Å²) in [5, 5.41) is 6.16. The van der Waals surface area contributed by atoms with E-state index in [0.29, 0.717) is 31.6 Å². The van der Waals surface area contributed by atoms with E-state index in [1.165, 1.54) is 12.1 Å². The van der Waals surface area contributed by atoms with Gasteiger partial charge in [-0.25, -0.2) is 0 Å². The van der Waals surface area contributed by atoms with Gasteiger partial charge < -0.3 is 10.6 Å². The van der Waals surface area contributed by atoms with Gasteiger partial charge in [0.1, 0.15) is 0 Å². The summed E-state index contributed by atoms with van der Waals surface area (Å²) in [6.07, 6.45) is -3.68. The molecule has 1 fully saturated rings. The Morgan fingerprint density at radius 1 is 1.36 bits per heavy atom. The van der Waals surface area contributed by atoms with Crippen molar-refractivity contribution in [2.45, 2.75) is 58.0 Å². The molecule has 2 atom stereocenters. The first-order chi connectivity index (χ1) is 11.7. The molecule has 0 radical (unpaired) electrons. The Kier molecular flexibility index (Phi) is 6.46. The molecular weight excluding hydrogens is 331 g/mol. The molecule has 0 unspecified atom stereocenters. The Morgan fingerprint density at radius 3 is 2.68 bits per heavy atom. The highest BCUT2D eigenvalue weighted by atomic mass is 19.4. The molecule has 1 amide bonds. The number of carbonyl (C=O) groups excluding carboxylic acids is 1. The van der Waals surface area contributed by atoms with Gasteiger partial charge in [0, 0.05) is 31.7 Å². The Bertz CT molecular complexity index is 589. The maximum atomic E-state index is 12.8. The average molecular weight is 357 g/mol. The molecule has 0 aliphatic carbocycles. The quantitative estimate of drug-likeness (QED) is 0.823. The van der Waals surface area contributed by atoms with Crippen molar-refractivity contribution >= 4 is 5.91 Å². The number of likely N-dealkylation sites (N-methyl/N-ethyl adjacent to an activating group) is 1. The fraction of sp³-hybridized carbons (Fsp3) is 0.611. The van der Waals surface area contributed by atoms with E-state index in [4.69, 9.17) is 0 Å². The van der Waals surface area contributed by atoms with Crippen molar-refractivity contribution in [3.05, 3.63) is 35.4 Å². The molecule has 0 bridgehead atoms. The fourth-order valence-electron chi connectivity index (χ4n) is 3.25. The minimum atomic E-state index is -4.33. The fourth-order valence-corrected chi connectivity index (χ4v) is 3.25. The number of halogens is 3. The van der Waals surface area contributed by atoms with Gasteiger partial charge in [0.2, 0.25) is 5.91 Å². The number of nitrogens with one attached hydrogen (secondary N) is 2. The highest BCUT2D eigenvalue weighted by molar-refractivity contribution is 5.82. The molecule has 0 spiro atoms. The summed E-state index contributed by atoms with van der Waals surface area (Å²) >= 11 is 0. The lowest BCUT2D eigenvalue weighted by Crippen LogP contribution is -2.46. The third-order valence-corrected chi connectivity index (χ3v) is 4.51. The zero-order valence-corrected chi connectivity index (χ0v) is 14.9.